The fourth-order valence-corrected chi connectivity index (χ4v) is 2.92. The summed E-state index contributed by atoms with van der Waals surface area (Å²) < 4.78 is 11.9. The Bertz CT molecular complexity index is 626. The molecule has 2 aromatic rings. The Kier molecular flexibility index (Phi) is 7.32. The fraction of sp³-hybridized carbons (Fsp3) is 0.474. The van der Waals surface area contributed by atoms with Gasteiger partial charge in [0.2, 0.25) is 0 Å². The second-order valence-corrected chi connectivity index (χ2v) is 6.63. The molecule has 0 amide bonds. The van der Waals surface area contributed by atoms with E-state index in [2.05, 4.69) is 0 Å². The third-order valence-corrected chi connectivity index (χ3v) is 4.10. The second-order valence-electron chi connectivity index (χ2n) is 5.85. The summed E-state index contributed by atoms with van der Waals surface area (Å²) in [6, 6.07) is 9.92. The van der Waals surface area contributed by atoms with Crippen LogP contribution in [0, 0.1) is 0 Å². The quantitative estimate of drug-likeness (QED) is 0.380. The van der Waals surface area contributed by atoms with Crippen molar-refractivity contribution in [2.24, 2.45) is 0 Å². The molecule has 0 aliphatic carbocycles. The van der Waals surface area contributed by atoms with Crippen LogP contribution in [0.3, 0.4) is 0 Å². The molecule has 0 fully saturated rings. The molecule has 0 unspecified atom stereocenters. The zero-order valence-electron chi connectivity index (χ0n) is 13.8. The largest absolute Gasteiger partial charge is 0.493 e. The van der Waals surface area contributed by atoms with Crippen molar-refractivity contribution in [3.05, 3.63) is 35.4 Å². The Labute approximate surface area is 148 Å². The van der Waals surface area contributed by atoms with Gasteiger partial charge in [0.25, 0.3) is 0 Å². The summed E-state index contributed by atoms with van der Waals surface area (Å²) in [6.07, 6.45) is 4.44. The van der Waals surface area contributed by atoms with Crippen LogP contribution in [0.5, 0.6) is 11.5 Å². The molecule has 0 aliphatic rings. The van der Waals surface area contributed by atoms with Gasteiger partial charge in [-0.05, 0) is 26.7 Å². The van der Waals surface area contributed by atoms with Gasteiger partial charge in [-0.2, -0.15) is 0 Å². The van der Waals surface area contributed by atoms with Crippen LogP contribution in [0.15, 0.2) is 30.3 Å². The molecule has 4 heteroatoms. The Morgan fingerprint density at radius 1 is 1.00 bits per heavy atom. The third kappa shape index (κ3) is 5.19. The standard InChI is InChI=1S/C19H24Cl2O2/c1-14(2)23-19-16-10-6-5-9-15(16)18(13-17(19)21)22-12-8-4-3-7-11-20/h5-6,9-10,13-14H,3-4,7-8,11-12H2,1-2H3. The number of hydrogen-bond donors (Lipinski definition) is 0. The van der Waals surface area contributed by atoms with Gasteiger partial charge >= 0.3 is 0 Å². The van der Waals surface area contributed by atoms with Gasteiger partial charge in [-0.25, -0.2) is 0 Å². The van der Waals surface area contributed by atoms with Gasteiger partial charge < -0.3 is 9.47 Å². The zero-order valence-corrected chi connectivity index (χ0v) is 15.3. The summed E-state index contributed by atoms with van der Waals surface area (Å²) in [5.74, 6) is 2.28. The minimum absolute atomic E-state index is 0.0737. The normalized spacial score (nSPS) is 11.2. The number of alkyl halides is 1. The van der Waals surface area contributed by atoms with E-state index in [1.54, 1.807) is 0 Å². The first-order valence-corrected chi connectivity index (χ1v) is 9.11. The van der Waals surface area contributed by atoms with Crippen LogP contribution in [-0.4, -0.2) is 18.6 Å². The van der Waals surface area contributed by atoms with E-state index < -0.39 is 0 Å². The maximum Gasteiger partial charge on any atom is 0.146 e. The van der Waals surface area contributed by atoms with Gasteiger partial charge in [0, 0.05) is 22.7 Å². The maximum absolute atomic E-state index is 6.41. The summed E-state index contributed by atoms with van der Waals surface area (Å²) in [7, 11) is 0. The predicted molar refractivity (Wildman–Crippen MR) is 99.4 cm³/mol. The van der Waals surface area contributed by atoms with E-state index in [9.17, 15) is 0 Å². The lowest BCUT2D eigenvalue weighted by Gasteiger charge is -2.17. The van der Waals surface area contributed by atoms with Crippen LogP contribution in [0.25, 0.3) is 10.8 Å². The van der Waals surface area contributed by atoms with Gasteiger partial charge in [0.1, 0.15) is 11.5 Å². The Morgan fingerprint density at radius 2 is 1.70 bits per heavy atom. The lowest BCUT2D eigenvalue weighted by atomic mass is 10.1. The molecule has 0 saturated carbocycles. The van der Waals surface area contributed by atoms with Crippen LogP contribution < -0.4 is 9.47 Å². The highest BCUT2D eigenvalue weighted by Crippen LogP contribution is 2.40. The van der Waals surface area contributed by atoms with E-state index in [0.717, 1.165) is 53.8 Å². The monoisotopic (exact) mass is 354 g/mol. The third-order valence-electron chi connectivity index (χ3n) is 3.55. The van der Waals surface area contributed by atoms with Gasteiger partial charge in [-0.15, -0.1) is 11.6 Å². The van der Waals surface area contributed by atoms with Crippen LogP contribution in [0.2, 0.25) is 5.02 Å². The maximum atomic E-state index is 6.41. The molecule has 126 valence electrons. The smallest absolute Gasteiger partial charge is 0.146 e. The molecule has 0 spiro atoms. The Hall–Kier alpha value is -1.12. The molecule has 0 saturated heterocycles. The molecule has 2 rings (SSSR count). The van der Waals surface area contributed by atoms with Gasteiger partial charge in [-0.3, -0.25) is 0 Å². The highest BCUT2D eigenvalue weighted by Gasteiger charge is 2.14. The van der Waals surface area contributed by atoms with Crippen LogP contribution in [0.1, 0.15) is 39.5 Å². The molecule has 0 N–H and O–H groups in total. The van der Waals surface area contributed by atoms with Crippen molar-refractivity contribution < 1.29 is 9.47 Å². The van der Waals surface area contributed by atoms with Gasteiger partial charge in [0.15, 0.2) is 0 Å². The molecule has 0 radical (unpaired) electrons. The number of halogens is 2. The number of unbranched alkanes of at least 4 members (excludes halogenated alkanes) is 3. The topological polar surface area (TPSA) is 18.5 Å². The summed E-state index contributed by atoms with van der Waals surface area (Å²) >= 11 is 12.1. The molecule has 0 atom stereocenters. The Morgan fingerprint density at radius 3 is 2.39 bits per heavy atom. The van der Waals surface area contributed by atoms with E-state index in [0.29, 0.717) is 11.6 Å². The first-order chi connectivity index (χ1) is 11.1. The predicted octanol–water partition coefficient (Wildman–Crippen LogP) is 6.46. The summed E-state index contributed by atoms with van der Waals surface area (Å²) in [6.45, 7) is 4.68. The first kappa shape index (κ1) is 18.2. The van der Waals surface area contributed by atoms with Crippen LogP contribution >= 0.6 is 23.2 Å². The van der Waals surface area contributed by atoms with E-state index >= 15 is 0 Å². The summed E-state index contributed by atoms with van der Waals surface area (Å²) in [5, 5.41) is 2.62. The highest BCUT2D eigenvalue weighted by atomic mass is 35.5. The second kappa shape index (κ2) is 9.24. The number of hydrogen-bond acceptors (Lipinski definition) is 2. The molecular formula is C19H24Cl2O2. The Balaban J connectivity index is 2.14. The number of rotatable bonds is 9. The highest BCUT2D eigenvalue weighted by molar-refractivity contribution is 6.33. The lowest BCUT2D eigenvalue weighted by molar-refractivity contribution is 0.245. The van der Waals surface area contributed by atoms with E-state index in [-0.39, 0.29) is 6.10 Å². The van der Waals surface area contributed by atoms with Crippen molar-refractivity contribution in [2.75, 3.05) is 12.5 Å². The minimum Gasteiger partial charge on any atom is -0.493 e. The van der Waals surface area contributed by atoms with Crippen molar-refractivity contribution in [1.82, 2.24) is 0 Å². The molecule has 0 aliphatic heterocycles. The molecule has 0 bridgehead atoms. The van der Waals surface area contributed by atoms with Crippen molar-refractivity contribution in [3.8, 4) is 11.5 Å². The van der Waals surface area contributed by atoms with E-state index in [1.807, 2.05) is 44.2 Å². The van der Waals surface area contributed by atoms with Crippen molar-refractivity contribution in [2.45, 2.75) is 45.6 Å². The molecule has 2 nitrogen and oxygen atoms in total. The van der Waals surface area contributed by atoms with Crippen LogP contribution in [0.4, 0.5) is 0 Å². The number of fused-ring (bicyclic) bond motifs is 1. The summed E-state index contributed by atoms with van der Waals surface area (Å²) in [4.78, 5) is 0. The molecule has 0 heterocycles. The number of benzene rings is 2. The first-order valence-electron chi connectivity index (χ1n) is 8.20. The average Bonchev–Trinajstić information content (AvgIpc) is 2.54. The lowest BCUT2D eigenvalue weighted by Crippen LogP contribution is -2.07. The van der Waals surface area contributed by atoms with Crippen molar-refractivity contribution in [1.29, 1.82) is 0 Å². The van der Waals surface area contributed by atoms with Crippen molar-refractivity contribution in [3.63, 3.8) is 0 Å². The van der Waals surface area contributed by atoms with Crippen molar-refractivity contribution >= 4 is 34.0 Å². The average molecular weight is 355 g/mol. The van der Waals surface area contributed by atoms with Crippen LogP contribution in [-0.2, 0) is 0 Å². The SMILES string of the molecule is CC(C)Oc1c(Cl)cc(OCCCCCCCl)c2ccccc12. The number of ether oxygens (including phenoxy) is 2. The molecule has 0 aromatic heterocycles. The molecular weight excluding hydrogens is 331 g/mol. The fourth-order valence-electron chi connectivity index (χ4n) is 2.49. The van der Waals surface area contributed by atoms with Gasteiger partial charge in [-0.1, -0.05) is 48.7 Å². The molecule has 2 aromatic carbocycles. The minimum atomic E-state index is 0.0737. The van der Waals surface area contributed by atoms with Gasteiger partial charge in [0.05, 0.1) is 17.7 Å². The van der Waals surface area contributed by atoms with E-state index in [1.165, 1.54) is 0 Å². The molecule has 23 heavy (non-hydrogen) atoms. The van der Waals surface area contributed by atoms with E-state index in [4.69, 9.17) is 32.7 Å². The summed E-state index contributed by atoms with van der Waals surface area (Å²) in [5.41, 5.74) is 0. The zero-order chi connectivity index (χ0) is 16.7.